The molecule has 3 rings (SSSR count). The molecule has 1 unspecified atom stereocenters. The molecule has 0 aliphatic rings. The number of carbonyl (C=O) groups excluding carboxylic acids is 1. The Morgan fingerprint density at radius 2 is 1.79 bits per heavy atom. The predicted octanol–water partition coefficient (Wildman–Crippen LogP) is 2.02. The number of para-hydroxylation sites is 2. The van der Waals surface area contributed by atoms with Crippen LogP contribution in [0.25, 0.3) is 11.0 Å². The third-order valence-corrected chi connectivity index (χ3v) is 5.94. The molecule has 0 radical (unpaired) electrons. The Hall–Kier alpha value is -3.00. The van der Waals surface area contributed by atoms with Crippen LogP contribution in [0.15, 0.2) is 64.4 Å². The maximum atomic E-state index is 12.8. The lowest BCUT2D eigenvalue weighted by atomic mass is 10.1. The maximum absolute atomic E-state index is 12.8. The van der Waals surface area contributed by atoms with Crippen molar-refractivity contribution in [3.05, 3.63) is 70.6 Å². The molecule has 1 amide bonds. The summed E-state index contributed by atoms with van der Waals surface area (Å²) in [5.41, 5.74) is 1.70. The Morgan fingerprint density at radius 1 is 1.14 bits per heavy atom. The highest BCUT2D eigenvalue weighted by atomic mass is 32.2. The molecule has 8 heteroatoms. The van der Waals surface area contributed by atoms with E-state index in [2.05, 4.69) is 4.98 Å². The lowest BCUT2D eigenvalue weighted by molar-refractivity contribution is -0.132. The third-order valence-electron chi connectivity index (χ3n) is 4.81. The summed E-state index contributed by atoms with van der Waals surface area (Å²) >= 11 is 0. The predicted molar refractivity (Wildman–Crippen MR) is 107 cm³/mol. The minimum Gasteiger partial charge on any atom is -0.337 e. The molecule has 0 spiro atoms. The van der Waals surface area contributed by atoms with Crippen LogP contribution in [0.4, 0.5) is 0 Å². The molecule has 0 saturated carbocycles. The monoisotopic (exact) mass is 399 g/mol. The van der Waals surface area contributed by atoms with Crippen molar-refractivity contribution >= 4 is 26.8 Å². The zero-order valence-electron chi connectivity index (χ0n) is 15.9. The number of carbonyl (C=O) groups is 1. The number of nitrogens with zero attached hydrogens (tertiary/aromatic N) is 3. The zero-order chi connectivity index (χ0) is 20.5. The summed E-state index contributed by atoms with van der Waals surface area (Å²) in [4.78, 5) is 30.9. The smallest absolute Gasteiger partial charge is 0.269 e. The van der Waals surface area contributed by atoms with Crippen molar-refractivity contribution < 1.29 is 13.2 Å². The molecule has 0 bridgehead atoms. The molecule has 0 aliphatic carbocycles. The largest absolute Gasteiger partial charge is 0.337 e. The lowest BCUT2D eigenvalue weighted by Crippen LogP contribution is -2.35. The molecule has 0 aliphatic heterocycles. The number of hydrogen-bond acceptors (Lipinski definition) is 5. The van der Waals surface area contributed by atoms with Gasteiger partial charge in [0, 0.05) is 13.3 Å². The van der Waals surface area contributed by atoms with E-state index in [1.807, 2.05) is 13.0 Å². The first-order chi connectivity index (χ1) is 13.2. The minimum absolute atomic E-state index is 0.107. The second kappa shape index (κ2) is 7.55. The van der Waals surface area contributed by atoms with E-state index in [9.17, 15) is 18.0 Å². The highest BCUT2D eigenvalue weighted by Gasteiger charge is 2.19. The van der Waals surface area contributed by atoms with Gasteiger partial charge >= 0.3 is 0 Å². The minimum atomic E-state index is -3.27. The first kappa shape index (κ1) is 19.8. The Bertz CT molecular complexity index is 1180. The van der Waals surface area contributed by atoms with Crippen LogP contribution in [-0.2, 0) is 21.2 Å². The van der Waals surface area contributed by atoms with Gasteiger partial charge in [-0.15, -0.1) is 0 Å². The van der Waals surface area contributed by atoms with Crippen LogP contribution < -0.4 is 5.56 Å². The van der Waals surface area contributed by atoms with Crippen LogP contribution >= 0.6 is 0 Å². The van der Waals surface area contributed by atoms with Gasteiger partial charge < -0.3 is 4.90 Å². The van der Waals surface area contributed by atoms with E-state index >= 15 is 0 Å². The van der Waals surface area contributed by atoms with Gasteiger partial charge in [-0.2, -0.15) is 0 Å². The maximum Gasteiger partial charge on any atom is 0.269 e. The Labute approximate surface area is 163 Å². The molecule has 1 heterocycles. The van der Waals surface area contributed by atoms with Gasteiger partial charge in [0.1, 0.15) is 6.54 Å². The molecule has 146 valence electrons. The van der Waals surface area contributed by atoms with Crippen molar-refractivity contribution in [1.82, 2.24) is 14.5 Å². The van der Waals surface area contributed by atoms with E-state index in [0.717, 1.165) is 11.8 Å². The molecule has 1 atom stereocenters. The summed E-state index contributed by atoms with van der Waals surface area (Å²) in [6.45, 7) is 1.74. The molecule has 0 fully saturated rings. The quantitative estimate of drug-likeness (QED) is 0.655. The fraction of sp³-hybridized carbons (Fsp3) is 0.250. The van der Waals surface area contributed by atoms with Crippen LogP contribution in [0.5, 0.6) is 0 Å². The van der Waals surface area contributed by atoms with Crippen molar-refractivity contribution in [3.8, 4) is 0 Å². The highest BCUT2D eigenvalue weighted by Crippen LogP contribution is 2.21. The first-order valence-corrected chi connectivity index (χ1v) is 10.6. The first-order valence-electron chi connectivity index (χ1n) is 8.69. The van der Waals surface area contributed by atoms with Gasteiger partial charge in [-0.05, 0) is 36.8 Å². The van der Waals surface area contributed by atoms with Gasteiger partial charge in [0.2, 0.25) is 5.91 Å². The second-order valence-electron chi connectivity index (χ2n) is 6.69. The van der Waals surface area contributed by atoms with Crippen molar-refractivity contribution in [2.24, 2.45) is 0 Å². The average molecular weight is 399 g/mol. The normalized spacial score (nSPS) is 12.7. The van der Waals surface area contributed by atoms with Gasteiger partial charge in [-0.25, -0.2) is 13.4 Å². The van der Waals surface area contributed by atoms with Crippen molar-refractivity contribution in [2.75, 3.05) is 13.3 Å². The molecule has 0 N–H and O–H groups in total. The summed E-state index contributed by atoms with van der Waals surface area (Å²) in [7, 11) is -1.61. The van der Waals surface area contributed by atoms with E-state index in [-0.39, 0.29) is 28.9 Å². The van der Waals surface area contributed by atoms with Crippen molar-refractivity contribution in [1.29, 1.82) is 0 Å². The number of amides is 1. The molecule has 0 saturated heterocycles. The Morgan fingerprint density at radius 3 is 2.43 bits per heavy atom. The van der Waals surface area contributed by atoms with Gasteiger partial charge in [0.15, 0.2) is 9.84 Å². The highest BCUT2D eigenvalue weighted by molar-refractivity contribution is 7.90. The SMILES string of the molecule is CC(c1ccc(S(C)(=O)=O)cc1)N(C)C(=O)Cn1c(=O)cnc2ccccc21. The third kappa shape index (κ3) is 3.96. The number of hydrogen-bond donors (Lipinski definition) is 0. The molecule has 1 aromatic heterocycles. The number of likely N-dealkylation sites (N-methyl/N-ethyl adjacent to an activating group) is 1. The summed E-state index contributed by atoms with van der Waals surface area (Å²) in [6.07, 6.45) is 2.36. The molecular formula is C20H21N3O4S. The van der Waals surface area contributed by atoms with E-state index in [0.29, 0.717) is 11.0 Å². The van der Waals surface area contributed by atoms with Crippen LogP contribution in [-0.4, -0.2) is 42.1 Å². The topological polar surface area (TPSA) is 89.3 Å². The Balaban J connectivity index is 1.83. The van der Waals surface area contributed by atoms with Gasteiger partial charge in [0.05, 0.1) is 28.2 Å². The van der Waals surface area contributed by atoms with E-state index in [4.69, 9.17) is 0 Å². The fourth-order valence-electron chi connectivity index (χ4n) is 2.96. The van der Waals surface area contributed by atoms with Crippen molar-refractivity contribution in [2.45, 2.75) is 24.4 Å². The van der Waals surface area contributed by atoms with Crippen LogP contribution in [0.1, 0.15) is 18.5 Å². The van der Waals surface area contributed by atoms with Crippen LogP contribution in [0.2, 0.25) is 0 Å². The van der Waals surface area contributed by atoms with E-state index < -0.39 is 9.84 Å². The fourth-order valence-corrected chi connectivity index (χ4v) is 3.59. The number of rotatable bonds is 5. The number of benzene rings is 2. The molecule has 2 aromatic carbocycles. The average Bonchev–Trinajstić information content (AvgIpc) is 2.68. The van der Waals surface area contributed by atoms with Gasteiger partial charge in [-0.1, -0.05) is 24.3 Å². The summed E-state index contributed by atoms with van der Waals surface area (Å²) in [5.74, 6) is -0.238. The molecular weight excluding hydrogens is 378 g/mol. The van der Waals surface area contributed by atoms with Gasteiger partial charge in [-0.3, -0.25) is 14.2 Å². The zero-order valence-corrected chi connectivity index (χ0v) is 16.7. The number of sulfone groups is 1. The van der Waals surface area contributed by atoms with Crippen molar-refractivity contribution in [3.63, 3.8) is 0 Å². The van der Waals surface area contributed by atoms with Crippen LogP contribution in [0.3, 0.4) is 0 Å². The summed E-state index contributed by atoms with van der Waals surface area (Å²) in [5, 5.41) is 0. The standard InChI is InChI=1S/C20H21N3O4S/c1-14(15-8-10-16(11-9-15)28(3,26)27)22(2)20(25)13-23-18-7-5-4-6-17(18)21-12-19(23)24/h4-12,14H,13H2,1-3H3. The Kier molecular flexibility index (Phi) is 5.33. The van der Waals surface area contributed by atoms with Crippen LogP contribution in [0, 0.1) is 0 Å². The lowest BCUT2D eigenvalue weighted by Gasteiger charge is -2.26. The summed E-state index contributed by atoms with van der Waals surface area (Å²) in [6, 6.07) is 13.3. The number of aromatic nitrogens is 2. The van der Waals surface area contributed by atoms with Gasteiger partial charge in [0.25, 0.3) is 5.56 Å². The molecule has 3 aromatic rings. The van der Waals surface area contributed by atoms with E-state index in [1.165, 1.54) is 27.8 Å². The molecule has 7 nitrogen and oxygen atoms in total. The second-order valence-corrected chi connectivity index (χ2v) is 8.71. The summed E-state index contributed by atoms with van der Waals surface area (Å²) < 4.78 is 24.6. The number of fused-ring (bicyclic) bond motifs is 1. The molecule has 28 heavy (non-hydrogen) atoms. The van der Waals surface area contributed by atoms with E-state index in [1.54, 1.807) is 37.4 Å².